The molecular weight excluding hydrogens is 324 g/mol. The van der Waals surface area contributed by atoms with E-state index in [0.717, 1.165) is 17.7 Å². The Hall–Kier alpha value is -2.62. The summed E-state index contributed by atoms with van der Waals surface area (Å²) in [6.07, 6.45) is 2.65. The van der Waals surface area contributed by atoms with E-state index in [-0.39, 0.29) is 5.91 Å². The first-order chi connectivity index (χ1) is 12.5. The van der Waals surface area contributed by atoms with Gasteiger partial charge in [-0.2, -0.15) is 5.10 Å². The summed E-state index contributed by atoms with van der Waals surface area (Å²) >= 11 is 0. The molecule has 0 saturated heterocycles. The van der Waals surface area contributed by atoms with Crippen molar-refractivity contribution in [2.24, 2.45) is 11.0 Å². The third kappa shape index (κ3) is 6.36. The summed E-state index contributed by atoms with van der Waals surface area (Å²) in [6, 6.07) is 15.2. The molecule has 4 nitrogen and oxygen atoms in total. The van der Waals surface area contributed by atoms with Gasteiger partial charge in [-0.1, -0.05) is 52.0 Å². The van der Waals surface area contributed by atoms with Gasteiger partial charge >= 0.3 is 0 Å². The lowest BCUT2D eigenvalue weighted by atomic mass is 10.0. The number of hydrogen-bond donors (Lipinski definition) is 1. The quantitative estimate of drug-likeness (QED) is 0.537. The monoisotopic (exact) mass is 352 g/mol. The minimum atomic E-state index is -0.242. The van der Waals surface area contributed by atoms with Crippen molar-refractivity contribution in [1.29, 1.82) is 0 Å². The fourth-order valence-corrected chi connectivity index (χ4v) is 2.31. The van der Waals surface area contributed by atoms with Crippen LogP contribution >= 0.6 is 0 Å². The molecule has 26 heavy (non-hydrogen) atoms. The summed E-state index contributed by atoms with van der Waals surface area (Å²) in [5, 5.41) is 4.03. The van der Waals surface area contributed by atoms with E-state index in [0.29, 0.717) is 24.0 Å². The molecule has 0 aliphatic carbocycles. The first-order valence-electron chi connectivity index (χ1n) is 9.12. The lowest BCUT2D eigenvalue weighted by Gasteiger charge is -2.08. The molecule has 0 aliphatic rings. The lowest BCUT2D eigenvalue weighted by molar-refractivity contribution is 0.0955. The van der Waals surface area contributed by atoms with Crippen LogP contribution in [0.3, 0.4) is 0 Å². The zero-order valence-corrected chi connectivity index (χ0v) is 16.0. The van der Waals surface area contributed by atoms with Crippen LogP contribution in [0.25, 0.3) is 0 Å². The number of hydrogen-bond acceptors (Lipinski definition) is 3. The minimum absolute atomic E-state index is 0.242. The minimum Gasteiger partial charge on any atom is -0.494 e. The van der Waals surface area contributed by atoms with Gasteiger partial charge in [0.05, 0.1) is 12.8 Å². The molecule has 0 fully saturated rings. The molecule has 0 radical (unpaired) electrons. The molecular formula is C22H28N2O2. The van der Waals surface area contributed by atoms with Crippen LogP contribution in [0, 0.1) is 5.92 Å². The van der Waals surface area contributed by atoms with E-state index in [1.165, 1.54) is 5.56 Å². The Morgan fingerprint density at radius 3 is 2.27 bits per heavy atom. The maximum atomic E-state index is 12.1. The van der Waals surface area contributed by atoms with Crippen LogP contribution < -0.4 is 10.2 Å². The number of ether oxygens (including phenoxy) is 1. The predicted octanol–water partition coefficient (Wildman–Crippen LogP) is 5.00. The largest absolute Gasteiger partial charge is 0.494 e. The number of carbonyl (C=O) groups excluding carboxylic acids is 1. The molecule has 138 valence electrons. The van der Waals surface area contributed by atoms with Gasteiger partial charge in [0.1, 0.15) is 5.75 Å². The van der Waals surface area contributed by atoms with Crippen molar-refractivity contribution in [3.05, 3.63) is 65.2 Å². The summed E-state index contributed by atoms with van der Waals surface area (Å²) in [5.41, 5.74) is 5.33. The van der Waals surface area contributed by atoms with Gasteiger partial charge in [-0.25, -0.2) is 5.43 Å². The topological polar surface area (TPSA) is 50.7 Å². The fraction of sp³-hybridized carbons (Fsp3) is 0.364. The van der Waals surface area contributed by atoms with Crippen LogP contribution in [-0.2, 0) is 0 Å². The molecule has 0 aromatic heterocycles. The lowest BCUT2D eigenvalue weighted by Crippen LogP contribution is -2.17. The third-order valence-corrected chi connectivity index (χ3v) is 4.06. The van der Waals surface area contributed by atoms with Crippen LogP contribution in [0.15, 0.2) is 53.6 Å². The van der Waals surface area contributed by atoms with E-state index in [1.54, 1.807) is 18.3 Å². The second-order valence-electron chi connectivity index (χ2n) is 7.08. The van der Waals surface area contributed by atoms with Gasteiger partial charge in [0.25, 0.3) is 5.91 Å². The van der Waals surface area contributed by atoms with Gasteiger partial charge in [-0.3, -0.25) is 4.79 Å². The smallest absolute Gasteiger partial charge is 0.271 e. The van der Waals surface area contributed by atoms with Gasteiger partial charge in [0.15, 0.2) is 0 Å². The fourth-order valence-electron chi connectivity index (χ4n) is 2.31. The highest BCUT2D eigenvalue weighted by molar-refractivity contribution is 5.95. The van der Waals surface area contributed by atoms with Crippen molar-refractivity contribution >= 4 is 12.1 Å². The average Bonchev–Trinajstić information content (AvgIpc) is 2.62. The van der Waals surface area contributed by atoms with Gasteiger partial charge in [-0.05, 0) is 53.6 Å². The molecule has 0 aliphatic heterocycles. The first kappa shape index (κ1) is 19.7. The van der Waals surface area contributed by atoms with Crippen LogP contribution in [0.2, 0.25) is 0 Å². The molecule has 0 saturated carbocycles. The van der Waals surface area contributed by atoms with Crippen molar-refractivity contribution in [2.75, 3.05) is 6.61 Å². The zero-order valence-electron chi connectivity index (χ0n) is 16.0. The number of amides is 1. The number of carbonyl (C=O) groups is 1. The Labute approximate surface area is 156 Å². The molecule has 0 bridgehead atoms. The highest BCUT2D eigenvalue weighted by Gasteiger charge is 2.05. The Morgan fingerprint density at radius 2 is 1.69 bits per heavy atom. The number of benzene rings is 2. The number of rotatable bonds is 8. The Bertz CT molecular complexity index is 717. The summed E-state index contributed by atoms with van der Waals surface area (Å²) < 4.78 is 5.66. The molecule has 1 N–H and O–H groups in total. The van der Waals surface area contributed by atoms with Crippen LogP contribution in [0.1, 0.15) is 61.5 Å². The molecule has 0 unspecified atom stereocenters. The van der Waals surface area contributed by atoms with Crippen molar-refractivity contribution < 1.29 is 9.53 Å². The number of nitrogens with one attached hydrogen (secondary N) is 1. The van der Waals surface area contributed by atoms with E-state index in [2.05, 4.69) is 50.4 Å². The maximum Gasteiger partial charge on any atom is 0.271 e. The van der Waals surface area contributed by atoms with Crippen molar-refractivity contribution in [3.8, 4) is 5.75 Å². The average molecular weight is 352 g/mol. The molecule has 2 aromatic rings. The molecule has 2 aromatic carbocycles. The highest BCUT2D eigenvalue weighted by atomic mass is 16.5. The van der Waals surface area contributed by atoms with Gasteiger partial charge in [0.2, 0.25) is 0 Å². The summed E-state index contributed by atoms with van der Waals surface area (Å²) in [5.74, 6) is 1.64. The van der Waals surface area contributed by atoms with E-state index in [1.807, 2.05) is 24.3 Å². The van der Waals surface area contributed by atoms with E-state index in [9.17, 15) is 4.79 Å². The van der Waals surface area contributed by atoms with E-state index >= 15 is 0 Å². The second-order valence-corrected chi connectivity index (χ2v) is 7.08. The molecule has 4 heteroatoms. The Morgan fingerprint density at radius 1 is 1.04 bits per heavy atom. The van der Waals surface area contributed by atoms with Crippen LogP contribution in [0.5, 0.6) is 5.75 Å². The zero-order chi connectivity index (χ0) is 18.9. The number of nitrogens with zero attached hydrogens (tertiary/aromatic N) is 1. The van der Waals surface area contributed by atoms with Crippen LogP contribution in [-0.4, -0.2) is 18.7 Å². The van der Waals surface area contributed by atoms with E-state index < -0.39 is 0 Å². The Balaban J connectivity index is 1.85. The molecule has 1 amide bonds. The molecule has 0 spiro atoms. The SMILES string of the molecule is CC(C)CCOc1ccc(C(=O)NN=Cc2ccc(C(C)C)cc2)cc1. The van der Waals surface area contributed by atoms with Crippen LogP contribution in [0.4, 0.5) is 0 Å². The summed E-state index contributed by atoms with van der Waals surface area (Å²) in [4.78, 5) is 12.1. The standard InChI is InChI=1S/C22H28N2O2/c1-16(2)13-14-26-21-11-9-20(10-12-21)22(25)24-23-15-18-5-7-19(8-6-18)17(3)4/h5-12,15-17H,13-14H2,1-4H3,(H,24,25). The molecule has 2 rings (SSSR count). The highest BCUT2D eigenvalue weighted by Crippen LogP contribution is 2.14. The first-order valence-corrected chi connectivity index (χ1v) is 9.12. The molecule has 0 atom stereocenters. The number of hydrazone groups is 1. The maximum absolute atomic E-state index is 12.1. The van der Waals surface area contributed by atoms with Gasteiger partial charge in [0, 0.05) is 5.56 Å². The second kappa shape index (κ2) is 9.76. The van der Waals surface area contributed by atoms with Crippen molar-refractivity contribution in [2.45, 2.75) is 40.0 Å². The third-order valence-electron chi connectivity index (χ3n) is 4.06. The van der Waals surface area contributed by atoms with Gasteiger partial charge < -0.3 is 4.74 Å². The normalized spacial score (nSPS) is 11.3. The summed E-state index contributed by atoms with van der Waals surface area (Å²) in [7, 11) is 0. The van der Waals surface area contributed by atoms with Crippen molar-refractivity contribution in [1.82, 2.24) is 5.43 Å². The molecule has 0 heterocycles. The summed E-state index contributed by atoms with van der Waals surface area (Å²) in [6.45, 7) is 9.32. The van der Waals surface area contributed by atoms with E-state index in [4.69, 9.17) is 4.74 Å². The van der Waals surface area contributed by atoms with Crippen molar-refractivity contribution in [3.63, 3.8) is 0 Å². The predicted molar refractivity (Wildman–Crippen MR) is 107 cm³/mol. The van der Waals surface area contributed by atoms with Gasteiger partial charge in [-0.15, -0.1) is 0 Å². The Kier molecular flexibility index (Phi) is 7.39.